The van der Waals surface area contributed by atoms with Gasteiger partial charge in [-0.1, -0.05) is 12.1 Å². The lowest BCUT2D eigenvalue weighted by Crippen LogP contribution is -2.29. The zero-order valence-electron chi connectivity index (χ0n) is 14.7. The van der Waals surface area contributed by atoms with Crippen LogP contribution < -0.4 is 11.3 Å². The number of carbonyl (C=O) groups is 1. The van der Waals surface area contributed by atoms with Crippen LogP contribution in [0, 0.1) is 6.92 Å². The van der Waals surface area contributed by atoms with Crippen LogP contribution in [0.5, 0.6) is 0 Å². The highest BCUT2D eigenvalue weighted by atomic mass is 16.1. The summed E-state index contributed by atoms with van der Waals surface area (Å²) in [5.41, 5.74) is 8.33. The smallest absolute Gasteiger partial charge is 0.268 e. The van der Waals surface area contributed by atoms with E-state index in [9.17, 15) is 9.59 Å². The summed E-state index contributed by atoms with van der Waals surface area (Å²) in [7, 11) is 0. The fourth-order valence-electron chi connectivity index (χ4n) is 3.46. The Morgan fingerprint density at radius 3 is 2.92 bits per heavy atom. The molecule has 0 atom stereocenters. The van der Waals surface area contributed by atoms with Crippen LogP contribution in [0.1, 0.15) is 27.4 Å². The van der Waals surface area contributed by atoms with E-state index in [1.807, 2.05) is 35.8 Å². The number of rotatable bonds is 3. The molecule has 0 saturated carbocycles. The van der Waals surface area contributed by atoms with Gasteiger partial charge in [0.25, 0.3) is 11.5 Å². The number of nitrogens with one attached hydrogen (secondary N) is 1. The molecule has 1 amide bonds. The Hall–Kier alpha value is -2.93. The van der Waals surface area contributed by atoms with E-state index >= 15 is 0 Å². The van der Waals surface area contributed by atoms with Crippen molar-refractivity contribution in [2.45, 2.75) is 26.4 Å². The van der Waals surface area contributed by atoms with Crippen molar-refractivity contribution < 1.29 is 4.79 Å². The number of hydrogen-bond acceptors (Lipinski definition) is 4. The minimum absolute atomic E-state index is 0.0406. The number of fused-ring (bicyclic) bond motifs is 2. The van der Waals surface area contributed by atoms with Gasteiger partial charge < -0.3 is 15.3 Å². The van der Waals surface area contributed by atoms with Crippen LogP contribution in [0.25, 0.3) is 10.9 Å². The molecule has 1 aliphatic rings. The Morgan fingerprint density at radius 2 is 2.12 bits per heavy atom. The highest BCUT2D eigenvalue weighted by molar-refractivity contribution is 5.90. The molecule has 3 N–H and O–H groups in total. The third kappa shape index (κ3) is 3.13. The maximum atomic E-state index is 12.4. The minimum atomic E-state index is -0.500. The summed E-state index contributed by atoms with van der Waals surface area (Å²) in [6.07, 6.45) is 2.43. The standard InChI is InChI=1S/C19H21N5O2/c1-12-2-3-13-9-14(19(26)22-15(13)8-12)10-23-5-4-17-21-16(18(20)25)11-24(17)7-6-23/h2-3,8-9,11H,4-7,10H2,1H3,(H2,20,25)(H,22,26). The first kappa shape index (κ1) is 16.5. The Kier molecular flexibility index (Phi) is 4.08. The second-order valence-corrected chi connectivity index (χ2v) is 6.84. The van der Waals surface area contributed by atoms with Gasteiger partial charge in [-0.15, -0.1) is 0 Å². The summed E-state index contributed by atoms with van der Waals surface area (Å²) >= 11 is 0. The van der Waals surface area contributed by atoms with E-state index in [4.69, 9.17) is 5.73 Å². The molecule has 134 valence electrons. The highest BCUT2D eigenvalue weighted by Gasteiger charge is 2.18. The molecule has 2 aromatic heterocycles. The lowest BCUT2D eigenvalue weighted by atomic mass is 10.1. The van der Waals surface area contributed by atoms with Crippen molar-refractivity contribution in [2.24, 2.45) is 5.73 Å². The Labute approximate surface area is 150 Å². The molecule has 0 radical (unpaired) electrons. The van der Waals surface area contributed by atoms with Crippen molar-refractivity contribution in [3.63, 3.8) is 0 Å². The number of H-pyrrole nitrogens is 1. The van der Waals surface area contributed by atoms with Gasteiger partial charge in [-0.25, -0.2) is 4.98 Å². The van der Waals surface area contributed by atoms with Gasteiger partial charge in [-0.05, 0) is 30.0 Å². The Balaban J connectivity index is 1.53. The Morgan fingerprint density at radius 1 is 1.27 bits per heavy atom. The number of aromatic nitrogens is 3. The number of hydrogen-bond donors (Lipinski definition) is 2. The zero-order valence-corrected chi connectivity index (χ0v) is 14.7. The fourth-order valence-corrected chi connectivity index (χ4v) is 3.46. The van der Waals surface area contributed by atoms with Crippen LogP contribution in [0.3, 0.4) is 0 Å². The minimum Gasteiger partial charge on any atom is -0.364 e. The number of amides is 1. The van der Waals surface area contributed by atoms with Crippen molar-refractivity contribution in [3.05, 3.63) is 63.5 Å². The highest BCUT2D eigenvalue weighted by Crippen LogP contribution is 2.15. The summed E-state index contributed by atoms with van der Waals surface area (Å²) in [4.78, 5) is 33.3. The van der Waals surface area contributed by atoms with Gasteiger partial charge in [0.1, 0.15) is 11.5 Å². The second-order valence-electron chi connectivity index (χ2n) is 6.84. The van der Waals surface area contributed by atoms with Crippen molar-refractivity contribution in [2.75, 3.05) is 13.1 Å². The van der Waals surface area contributed by atoms with Crippen molar-refractivity contribution in [1.82, 2.24) is 19.4 Å². The van der Waals surface area contributed by atoms with E-state index in [-0.39, 0.29) is 5.56 Å². The van der Waals surface area contributed by atoms with Crippen LogP contribution >= 0.6 is 0 Å². The predicted octanol–water partition coefficient (Wildman–Crippen LogP) is 1.19. The molecule has 1 aromatic carbocycles. The second kappa shape index (κ2) is 6.42. The van der Waals surface area contributed by atoms with Gasteiger partial charge in [-0.3, -0.25) is 14.5 Å². The van der Waals surface area contributed by atoms with Crippen molar-refractivity contribution in [1.29, 1.82) is 0 Å². The quantitative estimate of drug-likeness (QED) is 0.741. The molecule has 0 fully saturated rings. The van der Waals surface area contributed by atoms with E-state index in [2.05, 4.69) is 14.9 Å². The maximum absolute atomic E-state index is 12.4. The average molecular weight is 351 g/mol. The molecule has 7 heteroatoms. The van der Waals surface area contributed by atoms with Gasteiger partial charge in [-0.2, -0.15) is 0 Å². The molecule has 7 nitrogen and oxygen atoms in total. The van der Waals surface area contributed by atoms with Crippen LogP contribution in [0.15, 0.2) is 35.3 Å². The molecule has 0 spiro atoms. The summed E-state index contributed by atoms with van der Waals surface area (Å²) < 4.78 is 1.98. The first-order valence-electron chi connectivity index (χ1n) is 8.70. The largest absolute Gasteiger partial charge is 0.364 e. The normalized spacial score (nSPS) is 15.0. The molecule has 1 aliphatic heterocycles. The van der Waals surface area contributed by atoms with Gasteiger partial charge >= 0.3 is 0 Å². The third-order valence-electron chi connectivity index (χ3n) is 4.89. The monoisotopic (exact) mass is 351 g/mol. The fraction of sp³-hybridized carbons (Fsp3) is 0.316. The molecule has 3 aromatic rings. The van der Waals surface area contributed by atoms with Gasteiger partial charge in [0, 0.05) is 49.9 Å². The zero-order chi connectivity index (χ0) is 18.3. The molecule has 0 unspecified atom stereocenters. The lowest BCUT2D eigenvalue weighted by Gasteiger charge is -2.19. The topological polar surface area (TPSA) is 97.0 Å². The van der Waals surface area contributed by atoms with E-state index < -0.39 is 5.91 Å². The number of imidazole rings is 1. The molecule has 26 heavy (non-hydrogen) atoms. The number of aromatic amines is 1. The summed E-state index contributed by atoms with van der Waals surface area (Å²) in [5, 5.41) is 1.04. The average Bonchev–Trinajstić information content (AvgIpc) is 2.92. The molecule has 0 saturated heterocycles. The number of nitrogens with zero attached hydrogens (tertiary/aromatic N) is 3. The van der Waals surface area contributed by atoms with Crippen molar-refractivity contribution in [3.8, 4) is 0 Å². The number of carbonyl (C=O) groups excluding carboxylic acids is 1. The maximum Gasteiger partial charge on any atom is 0.268 e. The first-order valence-corrected chi connectivity index (χ1v) is 8.70. The third-order valence-corrected chi connectivity index (χ3v) is 4.89. The number of aryl methyl sites for hydroxylation is 1. The van der Waals surface area contributed by atoms with Gasteiger partial charge in [0.15, 0.2) is 0 Å². The van der Waals surface area contributed by atoms with E-state index in [1.165, 1.54) is 0 Å². The number of benzene rings is 1. The molecule has 0 aliphatic carbocycles. The van der Waals surface area contributed by atoms with Gasteiger partial charge in [0.05, 0.1) is 0 Å². The van der Waals surface area contributed by atoms with Crippen LogP contribution in [-0.4, -0.2) is 38.4 Å². The summed E-state index contributed by atoms with van der Waals surface area (Å²) in [6, 6.07) is 8.04. The molecular formula is C19H21N5O2. The van der Waals surface area contributed by atoms with Crippen LogP contribution in [-0.2, 0) is 19.5 Å². The molecule has 0 bridgehead atoms. The lowest BCUT2D eigenvalue weighted by molar-refractivity contribution is 0.0995. The number of primary amides is 1. The van der Waals surface area contributed by atoms with Crippen molar-refractivity contribution >= 4 is 16.8 Å². The Bertz CT molecular complexity index is 1020. The molecule has 3 heterocycles. The van der Waals surface area contributed by atoms with Gasteiger partial charge in [0.2, 0.25) is 0 Å². The van der Waals surface area contributed by atoms with Crippen LogP contribution in [0.2, 0.25) is 0 Å². The van der Waals surface area contributed by atoms with E-state index in [0.29, 0.717) is 12.2 Å². The summed E-state index contributed by atoms with van der Waals surface area (Å²) in [5.74, 6) is 0.365. The first-order chi connectivity index (χ1) is 12.5. The number of nitrogens with two attached hydrogens (primary N) is 1. The SMILES string of the molecule is Cc1ccc2cc(CN3CCc4nc(C(N)=O)cn4CC3)c(=O)[nH]c2c1. The van der Waals surface area contributed by atoms with E-state index in [0.717, 1.165) is 53.9 Å². The molecular weight excluding hydrogens is 330 g/mol. The van der Waals surface area contributed by atoms with E-state index in [1.54, 1.807) is 6.20 Å². The predicted molar refractivity (Wildman–Crippen MR) is 99.0 cm³/mol. The summed E-state index contributed by atoms with van der Waals surface area (Å²) in [6.45, 7) is 4.89. The molecule has 4 rings (SSSR count). The van der Waals surface area contributed by atoms with Crippen LogP contribution in [0.4, 0.5) is 0 Å². The number of pyridine rings is 1.